The van der Waals surface area contributed by atoms with Gasteiger partial charge in [0.1, 0.15) is 0 Å². The zero-order valence-corrected chi connectivity index (χ0v) is 11.0. The molecule has 0 radical (unpaired) electrons. The van der Waals surface area contributed by atoms with E-state index in [1.54, 1.807) is 42.5 Å². The molecule has 0 bridgehead atoms. The Morgan fingerprint density at radius 3 is 2.19 bits per heavy atom. The number of carboxylic acids is 1. The average Bonchev–Trinajstić information content (AvgIpc) is 2.53. The number of nitriles is 1. The highest BCUT2D eigenvalue weighted by molar-refractivity contribution is 6.12. The number of aromatic carboxylic acids is 1. The van der Waals surface area contributed by atoms with Crippen molar-refractivity contribution in [3.05, 3.63) is 76.9 Å². The Balaban J connectivity index is 2.23. The molecule has 0 aromatic heterocycles. The second kappa shape index (κ2) is 6.31. The Hall–Kier alpha value is -3.19. The Labute approximate surface area is 121 Å². The van der Waals surface area contributed by atoms with Crippen LogP contribution in [0.5, 0.6) is 0 Å². The van der Waals surface area contributed by atoms with Gasteiger partial charge in [-0.1, -0.05) is 36.4 Å². The number of hydrogen-bond donors (Lipinski definition) is 1. The molecule has 0 aliphatic carbocycles. The van der Waals surface area contributed by atoms with Gasteiger partial charge >= 0.3 is 5.97 Å². The summed E-state index contributed by atoms with van der Waals surface area (Å²) in [6.45, 7) is 0. The summed E-state index contributed by atoms with van der Waals surface area (Å²) < 4.78 is 0. The van der Waals surface area contributed by atoms with Crippen molar-refractivity contribution < 1.29 is 14.7 Å². The van der Waals surface area contributed by atoms with E-state index in [0.717, 1.165) is 5.56 Å². The predicted octanol–water partition coefficient (Wildman–Crippen LogP) is 3.15. The maximum atomic E-state index is 12.1. The zero-order valence-electron chi connectivity index (χ0n) is 11.0. The van der Waals surface area contributed by atoms with Gasteiger partial charge in [0.25, 0.3) is 0 Å². The molecule has 21 heavy (non-hydrogen) atoms. The highest BCUT2D eigenvalue weighted by atomic mass is 16.4. The van der Waals surface area contributed by atoms with E-state index >= 15 is 0 Å². The molecule has 0 heterocycles. The molecular formula is C17H11NO3. The van der Waals surface area contributed by atoms with Crippen molar-refractivity contribution in [1.82, 2.24) is 0 Å². The van der Waals surface area contributed by atoms with E-state index in [1.165, 1.54) is 18.2 Å². The lowest BCUT2D eigenvalue weighted by Crippen LogP contribution is -2.06. The van der Waals surface area contributed by atoms with Crippen LogP contribution in [0.15, 0.2) is 54.6 Å². The van der Waals surface area contributed by atoms with Gasteiger partial charge in [0, 0.05) is 5.56 Å². The molecule has 0 saturated carbocycles. The molecule has 0 saturated heterocycles. The second-order valence-corrected chi connectivity index (χ2v) is 4.28. The van der Waals surface area contributed by atoms with Crippen LogP contribution in [0.25, 0.3) is 6.08 Å². The average molecular weight is 277 g/mol. The lowest BCUT2D eigenvalue weighted by atomic mass is 10.0. The van der Waals surface area contributed by atoms with E-state index in [0.29, 0.717) is 5.56 Å². The third kappa shape index (κ3) is 3.43. The van der Waals surface area contributed by atoms with Gasteiger partial charge in [-0.2, -0.15) is 5.26 Å². The highest BCUT2D eigenvalue weighted by Crippen LogP contribution is 2.12. The molecule has 4 nitrogen and oxygen atoms in total. The van der Waals surface area contributed by atoms with Gasteiger partial charge in [-0.05, 0) is 29.8 Å². The van der Waals surface area contributed by atoms with Gasteiger partial charge in [-0.15, -0.1) is 0 Å². The van der Waals surface area contributed by atoms with Crippen molar-refractivity contribution in [2.75, 3.05) is 0 Å². The Morgan fingerprint density at radius 2 is 1.62 bits per heavy atom. The van der Waals surface area contributed by atoms with Crippen LogP contribution in [0, 0.1) is 11.3 Å². The number of carboxylic acid groups (broad SMARTS) is 1. The molecule has 4 heteroatoms. The van der Waals surface area contributed by atoms with E-state index < -0.39 is 5.97 Å². The van der Waals surface area contributed by atoms with Gasteiger partial charge in [0.2, 0.25) is 0 Å². The number of rotatable bonds is 4. The lowest BCUT2D eigenvalue weighted by Gasteiger charge is -2.01. The minimum Gasteiger partial charge on any atom is -0.478 e. The fourth-order valence-electron chi connectivity index (χ4n) is 1.81. The number of carbonyl (C=O) groups is 2. The fraction of sp³-hybridized carbons (Fsp3) is 0. The maximum absolute atomic E-state index is 12.1. The molecule has 2 rings (SSSR count). The SMILES string of the molecule is N#Cc1ccc(/C=C\C(=O)c2ccccc2C(=O)O)cc1. The first kappa shape index (κ1) is 14.2. The van der Waals surface area contributed by atoms with Crippen LogP contribution >= 0.6 is 0 Å². The Bertz CT molecular complexity index is 752. The van der Waals surface area contributed by atoms with Crippen LogP contribution in [0.3, 0.4) is 0 Å². The quantitative estimate of drug-likeness (QED) is 0.687. The van der Waals surface area contributed by atoms with Crippen molar-refractivity contribution in [2.24, 2.45) is 0 Å². The fourth-order valence-corrected chi connectivity index (χ4v) is 1.81. The van der Waals surface area contributed by atoms with Crippen molar-refractivity contribution in [3.8, 4) is 6.07 Å². The second-order valence-electron chi connectivity index (χ2n) is 4.28. The molecule has 0 aliphatic rings. The first-order chi connectivity index (χ1) is 10.1. The minimum atomic E-state index is -1.13. The molecule has 0 fully saturated rings. The normalized spacial score (nSPS) is 10.2. The van der Waals surface area contributed by atoms with Crippen LogP contribution in [-0.2, 0) is 0 Å². The van der Waals surface area contributed by atoms with E-state index in [4.69, 9.17) is 10.4 Å². The van der Waals surface area contributed by atoms with Crippen LogP contribution in [0.2, 0.25) is 0 Å². The van der Waals surface area contributed by atoms with Gasteiger partial charge in [-0.25, -0.2) is 4.79 Å². The monoisotopic (exact) mass is 277 g/mol. The molecule has 2 aromatic rings. The number of carbonyl (C=O) groups excluding carboxylic acids is 1. The van der Waals surface area contributed by atoms with Gasteiger partial charge < -0.3 is 5.11 Å². The lowest BCUT2D eigenvalue weighted by molar-refractivity contribution is 0.0693. The number of allylic oxidation sites excluding steroid dienone is 1. The summed E-state index contributed by atoms with van der Waals surface area (Å²) in [7, 11) is 0. The van der Waals surface area contributed by atoms with E-state index in [-0.39, 0.29) is 16.9 Å². The highest BCUT2D eigenvalue weighted by Gasteiger charge is 2.13. The van der Waals surface area contributed by atoms with Crippen molar-refractivity contribution >= 4 is 17.8 Å². The van der Waals surface area contributed by atoms with Crippen LogP contribution in [0.1, 0.15) is 31.8 Å². The van der Waals surface area contributed by atoms with Crippen molar-refractivity contribution in [2.45, 2.75) is 0 Å². The molecular weight excluding hydrogens is 266 g/mol. The summed E-state index contributed by atoms with van der Waals surface area (Å²) in [6, 6.07) is 14.8. The molecule has 0 aliphatic heterocycles. The number of benzene rings is 2. The van der Waals surface area contributed by atoms with Crippen LogP contribution in [-0.4, -0.2) is 16.9 Å². The largest absolute Gasteiger partial charge is 0.478 e. The van der Waals surface area contributed by atoms with Gasteiger partial charge in [0.15, 0.2) is 5.78 Å². The number of hydrogen-bond acceptors (Lipinski definition) is 3. The maximum Gasteiger partial charge on any atom is 0.336 e. The molecule has 1 N–H and O–H groups in total. The van der Waals surface area contributed by atoms with Crippen LogP contribution < -0.4 is 0 Å². The summed E-state index contributed by atoms with van der Waals surface area (Å²) >= 11 is 0. The third-order valence-electron chi connectivity index (χ3n) is 2.89. The molecule has 2 aromatic carbocycles. The molecule has 0 atom stereocenters. The first-order valence-electron chi connectivity index (χ1n) is 6.16. The standard InChI is InChI=1S/C17H11NO3/c18-11-13-7-5-12(6-8-13)9-10-16(19)14-3-1-2-4-15(14)17(20)21/h1-10H,(H,20,21)/b10-9-. The molecule has 0 unspecified atom stereocenters. The number of ketones is 1. The van der Waals surface area contributed by atoms with Crippen molar-refractivity contribution in [1.29, 1.82) is 5.26 Å². The van der Waals surface area contributed by atoms with Gasteiger partial charge in [0.05, 0.1) is 17.2 Å². The molecule has 0 amide bonds. The topological polar surface area (TPSA) is 78.2 Å². The van der Waals surface area contributed by atoms with Crippen molar-refractivity contribution in [3.63, 3.8) is 0 Å². The first-order valence-corrected chi connectivity index (χ1v) is 6.16. The summed E-state index contributed by atoms with van der Waals surface area (Å²) in [5.74, 6) is -1.51. The molecule has 102 valence electrons. The zero-order chi connectivity index (χ0) is 15.2. The molecule has 0 spiro atoms. The Kier molecular flexibility index (Phi) is 4.27. The summed E-state index contributed by atoms with van der Waals surface area (Å²) in [5, 5.41) is 17.8. The smallest absolute Gasteiger partial charge is 0.336 e. The van der Waals surface area contributed by atoms with E-state index in [1.807, 2.05) is 6.07 Å². The minimum absolute atomic E-state index is 0.0213. The van der Waals surface area contributed by atoms with E-state index in [2.05, 4.69) is 0 Å². The van der Waals surface area contributed by atoms with E-state index in [9.17, 15) is 9.59 Å². The summed E-state index contributed by atoms with van der Waals surface area (Å²) in [6.07, 6.45) is 2.91. The van der Waals surface area contributed by atoms with Crippen LogP contribution in [0.4, 0.5) is 0 Å². The predicted molar refractivity (Wildman–Crippen MR) is 77.9 cm³/mol. The number of nitrogens with zero attached hydrogens (tertiary/aromatic N) is 1. The van der Waals surface area contributed by atoms with Gasteiger partial charge in [-0.3, -0.25) is 4.79 Å². The Morgan fingerprint density at radius 1 is 1.00 bits per heavy atom. The summed E-state index contributed by atoms with van der Waals surface area (Å²) in [5.41, 5.74) is 1.42. The summed E-state index contributed by atoms with van der Waals surface area (Å²) in [4.78, 5) is 23.1. The third-order valence-corrected chi connectivity index (χ3v) is 2.89.